The molecule has 4 aromatic rings. The predicted octanol–water partition coefficient (Wildman–Crippen LogP) is 5.20. The Kier molecular flexibility index (Phi) is 4.70. The molecular formula is C22H22N2OS. The third kappa shape index (κ3) is 3.00. The molecule has 0 radical (unpaired) electrons. The Balaban J connectivity index is 2.05. The van der Waals surface area contributed by atoms with E-state index in [1.54, 1.807) is 7.11 Å². The van der Waals surface area contributed by atoms with Crippen LogP contribution in [0.2, 0.25) is 0 Å². The molecule has 1 heterocycles. The van der Waals surface area contributed by atoms with Crippen LogP contribution in [0.15, 0.2) is 59.6 Å². The van der Waals surface area contributed by atoms with Crippen molar-refractivity contribution in [2.24, 2.45) is 0 Å². The van der Waals surface area contributed by atoms with E-state index >= 15 is 0 Å². The third-order valence-corrected chi connectivity index (χ3v) is 5.60. The number of thioether (sulfide) groups is 1. The van der Waals surface area contributed by atoms with E-state index < -0.39 is 0 Å². The van der Waals surface area contributed by atoms with Crippen LogP contribution in [0, 0.1) is 0 Å². The number of hydrogen-bond donors (Lipinski definition) is 0. The number of rotatable bonds is 5. The average Bonchev–Trinajstić information content (AvgIpc) is 2.66. The van der Waals surface area contributed by atoms with Crippen LogP contribution >= 0.6 is 11.8 Å². The molecule has 0 saturated heterocycles. The monoisotopic (exact) mass is 362 g/mol. The minimum Gasteiger partial charge on any atom is -0.496 e. The van der Waals surface area contributed by atoms with E-state index in [9.17, 15) is 0 Å². The molecule has 0 atom stereocenters. The van der Waals surface area contributed by atoms with Gasteiger partial charge in [-0.25, -0.2) is 4.98 Å². The van der Waals surface area contributed by atoms with E-state index in [-0.39, 0.29) is 0 Å². The quantitative estimate of drug-likeness (QED) is 0.360. The number of hydrogen-bond acceptors (Lipinski definition) is 4. The number of methoxy groups -OCH3 is 1. The molecule has 0 aliphatic rings. The summed E-state index contributed by atoms with van der Waals surface area (Å²) < 4.78 is 5.70. The van der Waals surface area contributed by atoms with E-state index in [1.165, 1.54) is 21.5 Å². The fourth-order valence-corrected chi connectivity index (χ4v) is 4.49. The Morgan fingerprint density at radius 2 is 1.62 bits per heavy atom. The standard InChI is InChI=1S/C22H22N2OS/c1-24(2)12-13-26-22-18-14-20(25-3)15-8-4-5-9-16(15)21(18)17-10-6-7-11-19(17)23-22/h4-11,14H,12-13H2,1-3H3. The molecule has 132 valence electrons. The molecule has 0 aliphatic heterocycles. The third-order valence-electron chi connectivity index (χ3n) is 4.63. The Bertz CT molecular complexity index is 1090. The van der Waals surface area contributed by atoms with Crippen molar-refractivity contribution >= 4 is 44.2 Å². The van der Waals surface area contributed by atoms with Gasteiger partial charge >= 0.3 is 0 Å². The molecular weight excluding hydrogens is 340 g/mol. The molecule has 26 heavy (non-hydrogen) atoms. The first-order chi connectivity index (χ1) is 12.7. The van der Waals surface area contributed by atoms with Crippen molar-refractivity contribution in [3.05, 3.63) is 54.6 Å². The molecule has 0 N–H and O–H groups in total. The normalized spacial score (nSPS) is 11.7. The average molecular weight is 362 g/mol. The van der Waals surface area contributed by atoms with E-state index in [4.69, 9.17) is 9.72 Å². The zero-order valence-electron chi connectivity index (χ0n) is 15.3. The summed E-state index contributed by atoms with van der Waals surface area (Å²) in [5.41, 5.74) is 1.04. The van der Waals surface area contributed by atoms with Gasteiger partial charge in [-0.1, -0.05) is 42.5 Å². The number of nitrogens with zero attached hydrogens (tertiary/aromatic N) is 2. The minimum absolute atomic E-state index is 0.902. The highest BCUT2D eigenvalue weighted by atomic mass is 32.2. The van der Waals surface area contributed by atoms with Gasteiger partial charge in [0.2, 0.25) is 0 Å². The Hall–Kier alpha value is -2.30. The summed E-state index contributed by atoms with van der Waals surface area (Å²) in [5.74, 6) is 1.91. The summed E-state index contributed by atoms with van der Waals surface area (Å²) in [6.45, 7) is 1.02. The molecule has 0 amide bonds. The van der Waals surface area contributed by atoms with Gasteiger partial charge in [-0.15, -0.1) is 11.8 Å². The highest BCUT2D eigenvalue weighted by Crippen LogP contribution is 2.40. The Labute approximate surface area is 158 Å². The van der Waals surface area contributed by atoms with Crippen molar-refractivity contribution < 1.29 is 4.74 Å². The number of aromatic nitrogens is 1. The van der Waals surface area contributed by atoms with Gasteiger partial charge in [0.15, 0.2) is 0 Å². The number of ether oxygens (including phenoxy) is 1. The second-order valence-electron chi connectivity index (χ2n) is 6.63. The molecule has 4 heteroatoms. The van der Waals surface area contributed by atoms with Gasteiger partial charge in [0.25, 0.3) is 0 Å². The highest BCUT2D eigenvalue weighted by molar-refractivity contribution is 7.99. The lowest BCUT2D eigenvalue weighted by Crippen LogP contribution is -2.14. The van der Waals surface area contributed by atoms with Crippen molar-refractivity contribution in [3.63, 3.8) is 0 Å². The van der Waals surface area contributed by atoms with Crippen LogP contribution in [0.5, 0.6) is 5.75 Å². The smallest absolute Gasteiger partial charge is 0.127 e. The van der Waals surface area contributed by atoms with Crippen molar-refractivity contribution in [2.45, 2.75) is 5.03 Å². The van der Waals surface area contributed by atoms with E-state index in [0.29, 0.717) is 0 Å². The van der Waals surface area contributed by atoms with Crippen molar-refractivity contribution in [3.8, 4) is 5.75 Å². The predicted molar refractivity (Wildman–Crippen MR) is 113 cm³/mol. The van der Waals surface area contributed by atoms with Crippen LogP contribution in [0.3, 0.4) is 0 Å². The lowest BCUT2D eigenvalue weighted by molar-refractivity contribution is 0.420. The SMILES string of the molecule is COc1cc2c(SCCN(C)C)nc3ccccc3c2c2ccccc12. The first kappa shape index (κ1) is 17.1. The molecule has 0 spiro atoms. The van der Waals surface area contributed by atoms with Gasteiger partial charge in [0.1, 0.15) is 10.8 Å². The maximum atomic E-state index is 5.70. The lowest BCUT2D eigenvalue weighted by Gasteiger charge is -2.15. The second-order valence-corrected chi connectivity index (χ2v) is 7.72. The molecule has 0 fully saturated rings. The molecule has 0 bridgehead atoms. The summed E-state index contributed by atoms with van der Waals surface area (Å²) in [5, 5.41) is 7.06. The molecule has 3 aromatic carbocycles. The summed E-state index contributed by atoms with van der Waals surface area (Å²) in [7, 11) is 5.94. The van der Waals surface area contributed by atoms with Gasteiger partial charge < -0.3 is 9.64 Å². The molecule has 0 saturated carbocycles. The van der Waals surface area contributed by atoms with Gasteiger partial charge in [0.05, 0.1) is 12.6 Å². The second kappa shape index (κ2) is 7.14. The summed E-state index contributed by atoms with van der Waals surface area (Å²) in [6.07, 6.45) is 0. The Morgan fingerprint density at radius 1 is 0.923 bits per heavy atom. The lowest BCUT2D eigenvalue weighted by atomic mass is 9.98. The van der Waals surface area contributed by atoms with Crippen LogP contribution in [0.25, 0.3) is 32.4 Å². The van der Waals surface area contributed by atoms with E-state index in [0.717, 1.165) is 34.0 Å². The fraction of sp³-hybridized carbons (Fsp3) is 0.227. The van der Waals surface area contributed by atoms with Crippen LogP contribution in [0.1, 0.15) is 0 Å². The van der Waals surface area contributed by atoms with E-state index in [1.807, 2.05) is 11.8 Å². The van der Waals surface area contributed by atoms with Crippen LogP contribution in [-0.4, -0.2) is 43.4 Å². The largest absolute Gasteiger partial charge is 0.496 e. The highest BCUT2D eigenvalue weighted by Gasteiger charge is 2.14. The molecule has 3 nitrogen and oxygen atoms in total. The van der Waals surface area contributed by atoms with Crippen LogP contribution < -0.4 is 4.74 Å². The van der Waals surface area contributed by atoms with Gasteiger partial charge in [-0.05, 0) is 31.6 Å². The summed E-state index contributed by atoms with van der Waals surface area (Å²) in [6, 6.07) is 19.0. The first-order valence-corrected chi connectivity index (χ1v) is 9.73. The van der Waals surface area contributed by atoms with E-state index in [2.05, 4.69) is 73.6 Å². The molecule has 1 aromatic heterocycles. The Morgan fingerprint density at radius 3 is 2.35 bits per heavy atom. The van der Waals surface area contributed by atoms with Gasteiger partial charge in [0, 0.05) is 33.8 Å². The maximum absolute atomic E-state index is 5.70. The first-order valence-electron chi connectivity index (χ1n) is 8.75. The van der Waals surface area contributed by atoms with Crippen LogP contribution in [-0.2, 0) is 0 Å². The number of benzene rings is 3. The zero-order chi connectivity index (χ0) is 18.1. The number of fused-ring (bicyclic) bond motifs is 5. The molecule has 0 aliphatic carbocycles. The number of para-hydroxylation sites is 1. The van der Waals surface area contributed by atoms with Crippen molar-refractivity contribution in [1.82, 2.24) is 9.88 Å². The maximum Gasteiger partial charge on any atom is 0.127 e. The topological polar surface area (TPSA) is 25.4 Å². The minimum atomic E-state index is 0.902. The summed E-state index contributed by atoms with van der Waals surface area (Å²) >= 11 is 1.81. The fourth-order valence-electron chi connectivity index (χ4n) is 3.36. The molecule has 0 unspecified atom stereocenters. The summed E-state index contributed by atoms with van der Waals surface area (Å²) in [4.78, 5) is 7.17. The van der Waals surface area contributed by atoms with Crippen molar-refractivity contribution in [2.75, 3.05) is 33.5 Å². The van der Waals surface area contributed by atoms with Gasteiger partial charge in [-0.2, -0.15) is 0 Å². The van der Waals surface area contributed by atoms with Crippen molar-refractivity contribution in [1.29, 1.82) is 0 Å². The van der Waals surface area contributed by atoms with Gasteiger partial charge in [-0.3, -0.25) is 0 Å². The molecule has 4 rings (SSSR count). The zero-order valence-corrected chi connectivity index (χ0v) is 16.1. The number of pyridine rings is 1. The van der Waals surface area contributed by atoms with Crippen LogP contribution in [0.4, 0.5) is 0 Å².